The first-order valence-corrected chi connectivity index (χ1v) is 5.30. The van der Waals surface area contributed by atoms with Crippen molar-refractivity contribution in [2.24, 2.45) is 0 Å². The normalized spacial score (nSPS) is 18.5. The molecule has 0 radical (unpaired) electrons. The standard InChI is InChI=1S/C12H12N2O2.H2O/c15-12(16)10-5-8-7-3-1-2-4-9(7)14-11(8)6-13-10;/h1-4,10,13-14H,5-6H2,(H,15,16);1H2. The largest absolute Gasteiger partial charge is 0.480 e. The number of aromatic amines is 1. The molecule has 1 aliphatic heterocycles. The number of carbonyl (C=O) groups is 1. The molecule has 2 aromatic rings. The van der Waals surface area contributed by atoms with Crippen molar-refractivity contribution in [3.63, 3.8) is 0 Å². The van der Waals surface area contributed by atoms with Gasteiger partial charge in [-0.05, 0) is 11.6 Å². The predicted molar refractivity (Wildman–Crippen MR) is 63.9 cm³/mol. The number of carboxylic acids is 1. The second kappa shape index (κ2) is 4.20. The molecule has 5 heteroatoms. The summed E-state index contributed by atoms with van der Waals surface area (Å²) in [7, 11) is 0. The molecule has 5 N–H and O–H groups in total. The summed E-state index contributed by atoms with van der Waals surface area (Å²) in [5, 5.41) is 13.1. The van der Waals surface area contributed by atoms with Crippen LogP contribution >= 0.6 is 0 Å². The molecule has 17 heavy (non-hydrogen) atoms. The molecule has 0 bridgehead atoms. The van der Waals surface area contributed by atoms with E-state index in [1.54, 1.807) is 0 Å². The lowest BCUT2D eigenvalue weighted by Gasteiger charge is -2.20. The molecule has 0 amide bonds. The maximum Gasteiger partial charge on any atom is 0.321 e. The average Bonchev–Trinajstić information content (AvgIpc) is 2.66. The van der Waals surface area contributed by atoms with Gasteiger partial charge in [0.15, 0.2) is 0 Å². The second-order valence-corrected chi connectivity index (χ2v) is 4.10. The van der Waals surface area contributed by atoms with Crippen LogP contribution in [0.15, 0.2) is 24.3 Å². The fraction of sp³-hybridized carbons (Fsp3) is 0.250. The van der Waals surface area contributed by atoms with Gasteiger partial charge in [0.05, 0.1) is 0 Å². The SMILES string of the molecule is O.O=C(O)C1Cc2c([nH]c3ccccc23)CN1. The van der Waals surface area contributed by atoms with Gasteiger partial charge in [-0.1, -0.05) is 18.2 Å². The highest BCUT2D eigenvalue weighted by molar-refractivity contribution is 5.86. The summed E-state index contributed by atoms with van der Waals surface area (Å²) in [6, 6.07) is 7.55. The van der Waals surface area contributed by atoms with Crippen molar-refractivity contribution >= 4 is 16.9 Å². The van der Waals surface area contributed by atoms with Gasteiger partial charge in [-0.25, -0.2) is 0 Å². The minimum atomic E-state index is -0.782. The number of aromatic nitrogens is 1. The number of aliphatic carboxylic acids is 1. The number of fused-ring (bicyclic) bond motifs is 3. The van der Waals surface area contributed by atoms with E-state index in [0.29, 0.717) is 13.0 Å². The molecule has 1 aliphatic rings. The van der Waals surface area contributed by atoms with E-state index < -0.39 is 12.0 Å². The van der Waals surface area contributed by atoms with Crippen LogP contribution in [0.25, 0.3) is 10.9 Å². The molecule has 0 saturated heterocycles. The number of para-hydroxylation sites is 1. The van der Waals surface area contributed by atoms with Crippen molar-refractivity contribution in [3.8, 4) is 0 Å². The van der Waals surface area contributed by atoms with E-state index in [0.717, 1.165) is 22.2 Å². The third kappa shape index (κ3) is 1.79. The molecule has 0 spiro atoms. The van der Waals surface area contributed by atoms with E-state index in [1.165, 1.54) is 0 Å². The molecule has 1 aromatic carbocycles. The average molecular weight is 234 g/mol. The lowest BCUT2D eigenvalue weighted by molar-refractivity contribution is -0.139. The van der Waals surface area contributed by atoms with Gasteiger partial charge in [-0.3, -0.25) is 10.1 Å². The van der Waals surface area contributed by atoms with Gasteiger partial charge in [-0.15, -0.1) is 0 Å². The zero-order valence-electron chi connectivity index (χ0n) is 9.16. The number of H-pyrrole nitrogens is 1. The molecule has 5 nitrogen and oxygen atoms in total. The molecule has 1 unspecified atom stereocenters. The molecule has 1 atom stereocenters. The van der Waals surface area contributed by atoms with Crippen molar-refractivity contribution in [1.82, 2.24) is 10.3 Å². The fourth-order valence-electron chi connectivity index (χ4n) is 2.32. The smallest absolute Gasteiger partial charge is 0.321 e. The second-order valence-electron chi connectivity index (χ2n) is 4.10. The zero-order valence-corrected chi connectivity index (χ0v) is 9.16. The van der Waals surface area contributed by atoms with Crippen LogP contribution in [-0.2, 0) is 17.8 Å². The molecular formula is C12H14N2O3. The summed E-state index contributed by atoms with van der Waals surface area (Å²) in [5.74, 6) is -0.782. The van der Waals surface area contributed by atoms with E-state index in [1.807, 2.05) is 24.3 Å². The number of rotatable bonds is 1. The van der Waals surface area contributed by atoms with Gasteiger partial charge in [-0.2, -0.15) is 0 Å². The first kappa shape index (κ1) is 11.6. The Morgan fingerprint density at radius 3 is 2.88 bits per heavy atom. The molecule has 0 saturated carbocycles. The topological polar surface area (TPSA) is 96.6 Å². The quantitative estimate of drug-likeness (QED) is 0.668. The molecule has 0 aliphatic carbocycles. The van der Waals surface area contributed by atoms with Gasteiger partial charge in [0, 0.05) is 29.6 Å². The summed E-state index contributed by atoms with van der Waals surface area (Å²) in [6.45, 7) is 0.598. The lowest BCUT2D eigenvalue weighted by Crippen LogP contribution is -2.41. The number of hydrogen-bond donors (Lipinski definition) is 3. The lowest BCUT2D eigenvalue weighted by atomic mass is 9.99. The van der Waals surface area contributed by atoms with Crippen LogP contribution in [0, 0.1) is 0 Å². The van der Waals surface area contributed by atoms with E-state index >= 15 is 0 Å². The minimum absolute atomic E-state index is 0. The number of hydrogen-bond acceptors (Lipinski definition) is 2. The van der Waals surface area contributed by atoms with Crippen molar-refractivity contribution in [2.45, 2.75) is 19.0 Å². The Morgan fingerprint density at radius 2 is 2.12 bits per heavy atom. The minimum Gasteiger partial charge on any atom is -0.480 e. The van der Waals surface area contributed by atoms with Gasteiger partial charge < -0.3 is 15.6 Å². The predicted octanol–water partition coefficient (Wildman–Crippen LogP) is 0.442. The third-order valence-electron chi connectivity index (χ3n) is 3.13. The Labute approximate surface area is 97.8 Å². The van der Waals surface area contributed by atoms with E-state index in [4.69, 9.17) is 5.11 Å². The van der Waals surface area contributed by atoms with E-state index in [2.05, 4.69) is 10.3 Å². The van der Waals surface area contributed by atoms with Gasteiger partial charge in [0.1, 0.15) is 6.04 Å². The van der Waals surface area contributed by atoms with Crippen molar-refractivity contribution < 1.29 is 15.4 Å². The van der Waals surface area contributed by atoms with Gasteiger partial charge in [0.25, 0.3) is 0 Å². The molecule has 1 aromatic heterocycles. The van der Waals surface area contributed by atoms with Crippen LogP contribution in [0.1, 0.15) is 11.3 Å². The Hall–Kier alpha value is -1.85. The monoisotopic (exact) mass is 234 g/mol. The van der Waals surface area contributed by atoms with Crippen LogP contribution in [0.2, 0.25) is 0 Å². The third-order valence-corrected chi connectivity index (χ3v) is 3.13. The summed E-state index contributed by atoms with van der Waals surface area (Å²) >= 11 is 0. The number of carboxylic acid groups (broad SMARTS) is 1. The summed E-state index contributed by atoms with van der Waals surface area (Å²) in [5.41, 5.74) is 3.33. The maximum absolute atomic E-state index is 10.9. The van der Waals surface area contributed by atoms with E-state index in [9.17, 15) is 4.79 Å². The Balaban J connectivity index is 0.00000108. The van der Waals surface area contributed by atoms with E-state index in [-0.39, 0.29) is 5.48 Å². The summed E-state index contributed by atoms with van der Waals surface area (Å²) in [6.07, 6.45) is 0.550. The highest BCUT2D eigenvalue weighted by atomic mass is 16.4. The van der Waals surface area contributed by atoms with Gasteiger partial charge in [0.2, 0.25) is 0 Å². The molecule has 3 rings (SSSR count). The first-order valence-electron chi connectivity index (χ1n) is 5.30. The van der Waals surface area contributed by atoms with Crippen molar-refractivity contribution in [2.75, 3.05) is 0 Å². The molecule has 2 heterocycles. The highest BCUT2D eigenvalue weighted by Gasteiger charge is 2.26. The zero-order chi connectivity index (χ0) is 11.1. The number of benzene rings is 1. The highest BCUT2D eigenvalue weighted by Crippen LogP contribution is 2.26. The maximum atomic E-state index is 10.9. The molecular weight excluding hydrogens is 220 g/mol. The summed E-state index contributed by atoms with van der Waals surface area (Å²) < 4.78 is 0. The molecule has 90 valence electrons. The van der Waals surface area contributed by atoms with Crippen LogP contribution < -0.4 is 5.32 Å². The summed E-state index contributed by atoms with van der Waals surface area (Å²) in [4.78, 5) is 14.3. The van der Waals surface area contributed by atoms with Gasteiger partial charge >= 0.3 is 5.97 Å². The Kier molecular flexibility index (Phi) is 2.87. The van der Waals surface area contributed by atoms with Crippen molar-refractivity contribution in [1.29, 1.82) is 0 Å². The van der Waals surface area contributed by atoms with Crippen molar-refractivity contribution in [3.05, 3.63) is 35.5 Å². The molecule has 0 fully saturated rings. The van der Waals surface area contributed by atoms with Crippen LogP contribution in [0.3, 0.4) is 0 Å². The number of nitrogens with one attached hydrogen (secondary N) is 2. The van der Waals surface area contributed by atoms with Crippen LogP contribution in [-0.4, -0.2) is 27.6 Å². The first-order chi connectivity index (χ1) is 7.75. The Bertz CT molecular complexity index is 562. The fourth-order valence-corrected chi connectivity index (χ4v) is 2.32. The Morgan fingerprint density at radius 1 is 1.35 bits per heavy atom. The van der Waals surface area contributed by atoms with Crippen LogP contribution in [0.4, 0.5) is 0 Å². The van der Waals surface area contributed by atoms with Crippen LogP contribution in [0.5, 0.6) is 0 Å².